The fraction of sp³-hybridized carbons (Fsp3) is 0.500. The van der Waals surface area contributed by atoms with Crippen molar-refractivity contribution in [3.05, 3.63) is 46.6 Å². The van der Waals surface area contributed by atoms with Crippen LogP contribution in [0.25, 0.3) is 0 Å². The molecule has 1 aromatic heterocycles. The summed E-state index contributed by atoms with van der Waals surface area (Å²) in [6.07, 6.45) is 3.01. The van der Waals surface area contributed by atoms with Gasteiger partial charge in [0, 0.05) is 36.6 Å². The number of fused-ring (bicyclic) bond motifs is 1. The summed E-state index contributed by atoms with van der Waals surface area (Å²) in [5.74, 6) is 1.77. The number of amides is 1. The lowest BCUT2D eigenvalue weighted by Crippen LogP contribution is -2.39. The molecule has 1 aromatic carbocycles. The van der Waals surface area contributed by atoms with Crippen LogP contribution in [0, 0.1) is 0 Å². The molecule has 1 aliphatic heterocycles. The van der Waals surface area contributed by atoms with Crippen molar-refractivity contribution in [3.8, 4) is 0 Å². The predicted molar refractivity (Wildman–Crippen MR) is 95.4 cm³/mol. The van der Waals surface area contributed by atoms with Gasteiger partial charge in [-0.1, -0.05) is 31.1 Å². The van der Waals surface area contributed by atoms with Crippen LogP contribution in [0.15, 0.2) is 22.7 Å². The molecular formula is C20H23N3O3. The highest BCUT2D eigenvalue weighted by molar-refractivity contribution is 6.05. The lowest BCUT2D eigenvalue weighted by Gasteiger charge is -2.31. The molecule has 0 saturated carbocycles. The molecule has 2 aromatic rings. The van der Waals surface area contributed by atoms with Crippen LogP contribution in [0.5, 0.6) is 0 Å². The summed E-state index contributed by atoms with van der Waals surface area (Å²) in [7, 11) is 0. The highest BCUT2D eigenvalue weighted by Crippen LogP contribution is 2.30. The van der Waals surface area contributed by atoms with Gasteiger partial charge in [-0.2, -0.15) is 4.98 Å². The molecule has 0 unspecified atom stereocenters. The van der Waals surface area contributed by atoms with Crippen LogP contribution in [0.2, 0.25) is 0 Å². The summed E-state index contributed by atoms with van der Waals surface area (Å²) in [4.78, 5) is 31.4. The summed E-state index contributed by atoms with van der Waals surface area (Å²) in [5.41, 5.74) is 2.29. The highest BCUT2D eigenvalue weighted by Gasteiger charge is 2.32. The smallest absolute Gasteiger partial charge is 0.254 e. The summed E-state index contributed by atoms with van der Waals surface area (Å²) < 4.78 is 5.44. The topological polar surface area (TPSA) is 76.3 Å². The quantitative estimate of drug-likeness (QED) is 0.846. The molecule has 2 heterocycles. The SMILES string of the molecule is CC(C)c1noc([C@H]2CCCN(C(=O)c3cccc4c3CCC4=O)C2)n1. The largest absolute Gasteiger partial charge is 0.339 e. The number of carbonyl (C=O) groups is 2. The van der Waals surface area contributed by atoms with Crippen LogP contribution < -0.4 is 0 Å². The molecule has 26 heavy (non-hydrogen) atoms. The number of likely N-dealkylation sites (tertiary alicyclic amines) is 1. The normalized spacial score (nSPS) is 19.9. The van der Waals surface area contributed by atoms with Crippen LogP contribution in [-0.2, 0) is 6.42 Å². The third-order valence-corrected chi connectivity index (χ3v) is 5.34. The molecule has 1 atom stereocenters. The number of carbonyl (C=O) groups excluding carboxylic acids is 2. The van der Waals surface area contributed by atoms with E-state index in [4.69, 9.17) is 4.52 Å². The zero-order valence-corrected chi connectivity index (χ0v) is 15.2. The Labute approximate surface area is 152 Å². The number of ketones is 1. The Hall–Kier alpha value is -2.50. The summed E-state index contributed by atoms with van der Waals surface area (Å²) >= 11 is 0. The van der Waals surface area contributed by atoms with Gasteiger partial charge >= 0.3 is 0 Å². The lowest BCUT2D eigenvalue weighted by atomic mass is 9.96. The second-order valence-corrected chi connectivity index (χ2v) is 7.49. The number of rotatable bonds is 3. The Morgan fingerprint density at radius 2 is 2.15 bits per heavy atom. The fourth-order valence-electron chi connectivity index (χ4n) is 3.87. The van der Waals surface area contributed by atoms with Gasteiger partial charge < -0.3 is 9.42 Å². The van der Waals surface area contributed by atoms with Crippen molar-refractivity contribution in [3.63, 3.8) is 0 Å². The average molecular weight is 353 g/mol. The van der Waals surface area contributed by atoms with E-state index in [-0.39, 0.29) is 23.5 Å². The van der Waals surface area contributed by atoms with Gasteiger partial charge in [0.15, 0.2) is 11.6 Å². The molecular weight excluding hydrogens is 330 g/mol. The van der Waals surface area contributed by atoms with Crippen molar-refractivity contribution in [1.82, 2.24) is 15.0 Å². The van der Waals surface area contributed by atoms with Gasteiger partial charge in [-0.25, -0.2) is 0 Å². The van der Waals surface area contributed by atoms with Gasteiger partial charge in [-0.15, -0.1) is 0 Å². The van der Waals surface area contributed by atoms with Crippen molar-refractivity contribution >= 4 is 11.7 Å². The van der Waals surface area contributed by atoms with E-state index in [1.54, 1.807) is 0 Å². The van der Waals surface area contributed by atoms with E-state index in [0.717, 1.165) is 24.9 Å². The fourth-order valence-corrected chi connectivity index (χ4v) is 3.87. The molecule has 1 aliphatic carbocycles. The minimum absolute atomic E-state index is 0.00449. The van der Waals surface area contributed by atoms with E-state index >= 15 is 0 Å². The van der Waals surface area contributed by atoms with Crippen molar-refractivity contribution in [2.75, 3.05) is 13.1 Å². The van der Waals surface area contributed by atoms with Crippen LogP contribution in [0.4, 0.5) is 0 Å². The molecule has 0 spiro atoms. The number of aromatic nitrogens is 2. The summed E-state index contributed by atoms with van der Waals surface area (Å²) in [6, 6.07) is 5.48. The van der Waals surface area contributed by atoms with Gasteiger partial charge in [0.1, 0.15) is 0 Å². The standard InChI is InChI=1S/C20H23N3O3/c1-12(2)18-21-19(26-22-18)13-5-4-10-23(11-13)20(25)16-7-3-6-15-14(16)8-9-17(15)24/h3,6-7,12-13H,4-5,8-11H2,1-2H3/t13-/m0/s1. The molecule has 2 aliphatic rings. The maximum atomic E-state index is 13.1. The van der Waals surface area contributed by atoms with Crippen molar-refractivity contribution in [2.24, 2.45) is 0 Å². The Morgan fingerprint density at radius 1 is 1.31 bits per heavy atom. The van der Waals surface area contributed by atoms with Gasteiger partial charge in [0.25, 0.3) is 5.91 Å². The molecule has 136 valence electrons. The number of hydrogen-bond acceptors (Lipinski definition) is 5. The van der Waals surface area contributed by atoms with E-state index in [9.17, 15) is 9.59 Å². The number of benzene rings is 1. The third-order valence-electron chi connectivity index (χ3n) is 5.34. The molecule has 0 N–H and O–H groups in total. The first kappa shape index (κ1) is 16.9. The Morgan fingerprint density at radius 3 is 2.92 bits per heavy atom. The van der Waals surface area contributed by atoms with Crippen molar-refractivity contribution in [1.29, 1.82) is 0 Å². The molecule has 1 saturated heterocycles. The van der Waals surface area contributed by atoms with Crippen LogP contribution in [-0.4, -0.2) is 39.8 Å². The zero-order valence-electron chi connectivity index (χ0n) is 15.2. The van der Waals surface area contributed by atoms with Gasteiger partial charge in [0.05, 0.1) is 5.92 Å². The second-order valence-electron chi connectivity index (χ2n) is 7.49. The molecule has 6 heteroatoms. The van der Waals surface area contributed by atoms with E-state index in [1.807, 2.05) is 36.9 Å². The third kappa shape index (κ3) is 2.93. The second kappa shape index (κ2) is 6.67. The highest BCUT2D eigenvalue weighted by atomic mass is 16.5. The molecule has 0 bridgehead atoms. The molecule has 4 rings (SSSR count). The van der Waals surface area contributed by atoms with Crippen molar-refractivity contribution < 1.29 is 14.1 Å². The number of Topliss-reactive ketones (excluding diaryl/α,β-unsaturated/α-hetero) is 1. The Kier molecular flexibility index (Phi) is 4.34. The lowest BCUT2D eigenvalue weighted by molar-refractivity contribution is 0.0694. The summed E-state index contributed by atoms with van der Waals surface area (Å²) in [6.45, 7) is 5.36. The van der Waals surface area contributed by atoms with E-state index in [0.29, 0.717) is 42.2 Å². The first-order chi connectivity index (χ1) is 12.5. The molecule has 6 nitrogen and oxygen atoms in total. The van der Waals surface area contributed by atoms with Gasteiger partial charge in [-0.05, 0) is 30.9 Å². The average Bonchev–Trinajstić information content (AvgIpc) is 3.29. The van der Waals surface area contributed by atoms with E-state index < -0.39 is 0 Å². The number of hydrogen-bond donors (Lipinski definition) is 0. The predicted octanol–water partition coefficient (Wildman–Crippen LogP) is 3.34. The Balaban J connectivity index is 1.55. The van der Waals surface area contributed by atoms with E-state index in [1.165, 1.54) is 0 Å². The Bertz CT molecular complexity index is 856. The van der Waals surface area contributed by atoms with E-state index in [2.05, 4.69) is 10.1 Å². The number of piperidine rings is 1. The summed E-state index contributed by atoms with van der Waals surface area (Å²) in [5, 5.41) is 4.05. The van der Waals surface area contributed by atoms with Crippen LogP contribution in [0.3, 0.4) is 0 Å². The maximum Gasteiger partial charge on any atom is 0.254 e. The zero-order chi connectivity index (χ0) is 18.3. The van der Waals surface area contributed by atoms with Gasteiger partial charge in [0.2, 0.25) is 5.89 Å². The molecule has 0 radical (unpaired) electrons. The van der Waals surface area contributed by atoms with Crippen LogP contribution in [0.1, 0.15) is 82.9 Å². The maximum absolute atomic E-state index is 13.1. The van der Waals surface area contributed by atoms with Gasteiger partial charge in [-0.3, -0.25) is 9.59 Å². The number of nitrogens with zero attached hydrogens (tertiary/aromatic N) is 3. The monoisotopic (exact) mass is 353 g/mol. The first-order valence-corrected chi connectivity index (χ1v) is 9.32. The molecule has 1 amide bonds. The van der Waals surface area contributed by atoms with Crippen LogP contribution >= 0.6 is 0 Å². The first-order valence-electron chi connectivity index (χ1n) is 9.32. The minimum atomic E-state index is 0.00449. The minimum Gasteiger partial charge on any atom is -0.339 e. The molecule has 1 fully saturated rings. The van der Waals surface area contributed by atoms with Crippen molar-refractivity contribution in [2.45, 2.75) is 51.4 Å².